The number of carbonyl (C=O) groups is 1. The van der Waals surface area contributed by atoms with Crippen molar-refractivity contribution in [3.05, 3.63) is 65.9 Å². The van der Waals surface area contributed by atoms with Gasteiger partial charge in [0.1, 0.15) is 5.78 Å². The van der Waals surface area contributed by atoms with Crippen LogP contribution in [0.1, 0.15) is 69.5 Å². The minimum Gasteiger partial charge on any atom is -0.299 e. The van der Waals surface area contributed by atoms with E-state index < -0.39 is 0 Å². The molecular weight excluding hydrogens is 378 g/mol. The Balaban J connectivity index is 1.48. The van der Waals surface area contributed by atoms with Crippen LogP contribution in [0.15, 0.2) is 54.6 Å². The molecule has 2 heteroatoms. The summed E-state index contributed by atoms with van der Waals surface area (Å²) in [5, 5.41) is 1.24. The molecule has 5 rings (SSSR count). The monoisotopic (exact) mass is 411 g/mol. The lowest BCUT2D eigenvalue weighted by Crippen LogP contribution is -2.02. The van der Waals surface area contributed by atoms with Gasteiger partial charge in [-0.05, 0) is 60.6 Å². The average Bonchev–Trinajstić information content (AvgIpc) is 3.14. The van der Waals surface area contributed by atoms with E-state index in [1.807, 2.05) is 0 Å². The summed E-state index contributed by atoms with van der Waals surface area (Å²) in [4.78, 5) is 17.7. The number of rotatable bonds is 8. The van der Waals surface area contributed by atoms with Gasteiger partial charge in [0.05, 0.1) is 5.52 Å². The van der Waals surface area contributed by atoms with Crippen molar-refractivity contribution in [3.8, 4) is 11.1 Å². The number of Topliss-reactive ketones (excluding diaryl/α,β-unsaturated/α-hetero) is 1. The second kappa shape index (κ2) is 8.57. The van der Waals surface area contributed by atoms with E-state index in [-0.39, 0.29) is 11.3 Å². The SMILES string of the molecule is CCCCCCc1ccc2nc(CC3C(=O)C34CCCC4)cc(-c3ccccc3)c2c1. The summed E-state index contributed by atoms with van der Waals surface area (Å²) < 4.78 is 0. The molecule has 0 aliphatic heterocycles. The summed E-state index contributed by atoms with van der Waals surface area (Å²) in [7, 11) is 0. The van der Waals surface area contributed by atoms with Crippen molar-refractivity contribution < 1.29 is 4.79 Å². The number of carbonyl (C=O) groups excluding carboxylic acids is 1. The normalized spacial score (nSPS) is 19.4. The molecule has 1 heterocycles. The van der Waals surface area contributed by atoms with Crippen molar-refractivity contribution >= 4 is 16.7 Å². The Kier molecular flexibility index (Phi) is 5.65. The van der Waals surface area contributed by atoms with E-state index in [4.69, 9.17) is 4.98 Å². The van der Waals surface area contributed by atoms with Crippen LogP contribution in [0.25, 0.3) is 22.0 Å². The molecule has 0 amide bonds. The number of hydrogen-bond acceptors (Lipinski definition) is 2. The summed E-state index contributed by atoms with van der Waals surface area (Å²) in [5.74, 6) is 0.692. The summed E-state index contributed by atoms with van der Waals surface area (Å²) in [6.45, 7) is 2.26. The number of benzene rings is 2. The molecule has 0 radical (unpaired) electrons. The summed E-state index contributed by atoms with van der Waals surface area (Å²) in [6.07, 6.45) is 11.7. The molecule has 2 aromatic carbocycles. The third-order valence-corrected chi connectivity index (χ3v) is 7.63. The van der Waals surface area contributed by atoms with Gasteiger partial charge in [0.25, 0.3) is 0 Å². The van der Waals surface area contributed by atoms with Crippen LogP contribution in [0.2, 0.25) is 0 Å². The zero-order valence-electron chi connectivity index (χ0n) is 18.7. The summed E-state index contributed by atoms with van der Waals surface area (Å²) in [6, 6.07) is 19.7. The molecule has 1 unspecified atom stereocenters. The van der Waals surface area contributed by atoms with Crippen molar-refractivity contribution in [2.75, 3.05) is 0 Å². The molecule has 160 valence electrons. The van der Waals surface area contributed by atoms with Crippen LogP contribution >= 0.6 is 0 Å². The standard InChI is InChI=1S/C29H33NO/c1-2-3-4-6-11-21-14-15-27-25(18-21)24(22-12-7-5-8-13-22)19-23(30-27)20-26-28(31)29(26)16-9-10-17-29/h5,7-8,12-15,18-19,26H,2-4,6,9-11,16-17,20H2,1H3. The average molecular weight is 412 g/mol. The predicted molar refractivity (Wildman–Crippen MR) is 128 cm³/mol. The van der Waals surface area contributed by atoms with Crippen molar-refractivity contribution in [2.24, 2.45) is 11.3 Å². The van der Waals surface area contributed by atoms with Crippen LogP contribution < -0.4 is 0 Å². The van der Waals surface area contributed by atoms with Crippen LogP contribution in [0, 0.1) is 11.3 Å². The van der Waals surface area contributed by atoms with E-state index in [2.05, 4.69) is 61.5 Å². The molecule has 2 saturated carbocycles. The largest absolute Gasteiger partial charge is 0.299 e. The Labute approximate surface area is 186 Å². The van der Waals surface area contributed by atoms with E-state index in [0.717, 1.165) is 36.9 Å². The van der Waals surface area contributed by atoms with E-state index in [0.29, 0.717) is 5.78 Å². The van der Waals surface area contributed by atoms with Crippen LogP contribution in [0.5, 0.6) is 0 Å². The first kappa shape index (κ1) is 20.4. The first-order valence-corrected chi connectivity index (χ1v) is 12.2. The van der Waals surface area contributed by atoms with Crippen LogP contribution in [-0.4, -0.2) is 10.8 Å². The van der Waals surface area contributed by atoms with Crippen LogP contribution in [-0.2, 0) is 17.6 Å². The van der Waals surface area contributed by atoms with Crippen LogP contribution in [0.3, 0.4) is 0 Å². The number of aromatic nitrogens is 1. The maximum absolute atomic E-state index is 12.6. The lowest BCUT2D eigenvalue weighted by atomic mass is 9.95. The van der Waals surface area contributed by atoms with E-state index >= 15 is 0 Å². The number of pyridine rings is 1. The topological polar surface area (TPSA) is 30.0 Å². The van der Waals surface area contributed by atoms with Gasteiger partial charge in [-0.25, -0.2) is 0 Å². The first-order chi connectivity index (χ1) is 15.2. The highest BCUT2D eigenvalue weighted by atomic mass is 16.1. The molecule has 0 N–H and O–H groups in total. The van der Waals surface area contributed by atoms with Crippen molar-refractivity contribution in [3.63, 3.8) is 0 Å². The number of hydrogen-bond donors (Lipinski definition) is 0. The smallest absolute Gasteiger partial charge is 0.144 e. The van der Waals surface area contributed by atoms with Crippen molar-refractivity contribution in [1.82, 2.24) is 4.98 Å². The highest BCUT2D eigenvalue weighted by Crippen LogP contribution is 2.60. The molecule has 1 atom stereocenters. The molecule has 0 saturated heterocycles. The Hall–Kier alpha value is -2.48. The van der Waals surface area contributed by atoms with Gasteiger partial charge in [0.15, 0.2) is 0 Å². The van der Waals surface area contributed by atoms with Gasteiger partial charge < -0.3 is 0 Å². The third-order valence-electron chi connectivity index (χ3n) is 7.63. The first-order valence-electron chi connectivity index (χ1n) is 12.2. The van der Waals surface area contributed by atoms with E-state index in [9.17, 15) is 4.79 Å². The Bertz CT molecular complexity index is 1080. The quantitative estimate of drug-likeness (QED) is 0.363. The van der Waals surface area contributed by atoms with Gasteiger partial charge in [0.2, 0.25) is 0 Å². The lowest BCUT2D eigenvalue weighted by molar-refractivity contribution is -0.113. The maximum atomic E-state index is 12.6. The number of aryl methyl sites for hydroxylation is 1. The highest BCUT2D eigenvalue weighted by molar-refractivity contribution is 6.04. The number of fused-ring (bicyclic) bond motifs is 1. The highest BCUT2D eigenvalue weighted by Gasteiger charge is 2.64. The zero-order valence-corrected chi connectivity index (χ0v) is 18.7. The van der Waals surface area contributed by atoms with E-state index in [1.54, 1.807) is 0 Å². The molecule has 2 nitrogen and oxygen atoms in total. The summed E-state index contributed by atoms with van der Waals surface area (Å²) >= 11 is 0. The minimum absolute atomic E-state index is 0.00585. The zero-order chi connectivity index (χ0) is 21.3. The Morgan fingerprint density at radius 2 is 1.77 bits per heavy atom. The number of unbranched alkanes of at least 4 members (excludes halogenated alkanes) is 3. The number of nitrogens with zero attached hydrogens (tertiary/aromatic N) is 1. The fraction of sp³-hybridized carbons (Fsp3) is 0.448. The number of ketones is 1. The van der Waals surface area contributed by atoms with E-state index in [1.165, 1.54) is 60.6 Å². The minimum atomic E-state index is 0.00585. The summed E-state index contributed by atoms with van der Waals surface area (Å²) in [5.41, 5.74) is 6.02. The Morgan fingerprint density at radius 3 is 2.55 bits per heavy atom. The van der Waals surface area contributed by atoms with Gasteiger partial charge in [-0.3, -0.25) is 9.78 Å². The molecule has 2 aliphatic rings. The fourth-order valence-electron chi connectivity index (χ4n) is 5.76. The molecule has 2 aliphatic carbocycles. The predicted octanol–water partition coefficient (Wildman–Crippen LogP) is 7.33. The van der Waals surface area contributed by atoms with Crippen LogP contribution in [0.4, 0.5) is 0 Å². The van der Waals surface area contributed by atoms with Crippen molar-refractivity contribution in [1.29, 1.82) is 0 Å². The fourth-order valence-corrected chi connectivity index (χ4v) is 5.76. The Morgan fingerprint density at radius 1 is 0.968 bits per heavy atom. The second-order valence-electron chi connectivity index (χ2n) is 9.67. The third kappa shape index (κ3) is 3.93. The molecule has 3 aromatic rings. The van der Waals surface area contributed by atoms with Gasteiger partial charge >= 0.3 is 0 Å². The molecular formula is C29H33NO. The molecule has 0 bridgehead atoms. The molecule has 2 fully saturated rings. The molecule has 31 heavy (non-hydrogen) atoms. The van der Waals surface area contributed by atoms with Gasteiger partial charge in [0, 0.05) is 28.8 Å². The van der Waals surface area contributed by atoms with Gasteiger partial charge in [-0.15, -0.1) is 0 Å². The second-order valence-corrected chi connectivity index (χ2v) is 9.67. The molecule has 1 aromatic heterocycles. The molecule has 1 spiro atoms. The van der Waals surface area contributed by atoms with Crippen molar-refractivity contribution in [2.45, 2.75) is 71.1 Å². The maximum Gasteiger partial charge on any atom is 0.144 e. The lowest BCUT2D eigenvalue weighted by Gasteiger charge is -2.12. The van der Waals surface area contributed by atoms with Gasteiger partial charge in [-0.2, -0.15) is 0 Å². The van der Waals surface area contributed by atoms with Gasteiger partial charge in [-0.1, -0.05) is 75.4 Å².